The van der Waals surface area contributed by atoms with Crippen LogP contribution in [0.4, 0.5) is 16.2 Å². The number of carbonyl (C=O) groups is 3. The molecule has 11 heteroatoms. The molecular formula is C35H40N6O5. The minimum Gasteiger partial charge on any atom is -0.447 e. The Morgan fingerprint density at radius 3 is 2.57 bits per heavy atom. The largest absolute Gasteiger partial charge is 0.447 e. The summed E-state index contributed by atoms with van der Waals surface area (Å²) in [6.45, 7) is 4.65. The van der Waals surface area contributed by atoms with Gasteiger partial charge in [0.05, 0.1) is 31.6 Å². The van der Waals surface area contributed by atoms with E-state index < -0.39 is 17.6 Å². The fraction of sp³-hybridized carbons (Fsp3) is 0.314. The van der Waals surface area contributed by atoms with Crippen molar-refractivity contribution in [3.8, 4) is 11.1 Å². The van der Waals surface area contributed by atoms with Gasteiger partial charge in [0.25, 0.3) is 0 Å². The van der Waals surface area contributed by atoms with Gasteiger partial charge in [-0.3, -0.25) is 9.59 Å². The third kappa shape index (κ3) is 8.38. The third-order valence-corrected chi connectivity index (χ3v) is 7.89. The Morgan fingerprint density at radius 1 is 1.04 bits per heavy atom. The molecule has 0 fully saturated rings. The van der Waals surface area contributed by atoms with Crippen LogP contribution in [-0.4, -0.2) is 52.7 Å². The van der Waals surface area contributed by atoms with E-state index in [1.165, 1.54) is 6.39 Å². The summed E-state index contributed by atoms with van der Waals surface area (Å²) in [5.41, 5.74) is 4.65. The van der Waals surface area contributed by atoms with Gasteiger partial charge in [-0.15, -0.1) is 0 Å². The number of nitrogens with zero attached hydrogens (tertiary/aromatic N) is 2. The van der Waals surface area contributed by atoms with E-state index in [1.807, 2.05) is 86.6 Å². The third-order valence-electron chi connectivity index (χ3n) is 7.89. The molecule has 1 aliphatic heterocycles. The highest BCUT2D eigenvalue weighted by molar-refractivity contribution is 6.00. The Labute approximate surface area is 268 Å². The van der Waals surface area contributed by atoms with Crippen LogP contribution in [0, 0.1) is 0 Å². The van der Waals surface area contributed by atoms with Gasteiger partial charge < -0.3 is 35.7 Å². The number of urea groups is 1. The van der Waals surface area contributed by atoms with Crippen molar-refractivity contribution in [2.45, 2.75) is 57.8 Å². The van der Waals surface area contributed by atoms with Crippen LogP contribution in [0.3, 0.4) is 0 Å². The van der Waals surface area contributed by atoms with Crippen molar-refractivity contribution in [2.75, 3.05) is 23.4 Å². The van der Waals surface area contributed by atoms with E-state index in [-0.39, 0.29) is 31.4 Å². The number of anilines is 2. The summed E-state index contributed by atoms with van der Waals surface area (Å²) in [5, 5.41) is 20.8. The zero-order valence-corrected chi connectivity index (χ0v) is 26.1. The SMILES string of the molecule is CC(C)(CC(=O)N[C@@H]1CCc2ccccc2N(Cc2ccc(-c3ccccc3NC(=O)NCCO)cc2)C1=O)NCc1cnco1. The molecule has 0 radical (unpaired) electrons. The van der Waals surface area contributed by atoms with Gasteiger partial charge in [-0.05, 0) is 55.5 Å². The van der Waals surface area contributed by atoms with Gasteiger partial charge in [-0.2, -0.15) is 0 Å². The lowest BCUT2D eigenvalue weighted by Gasteiger charge is -2.29. The first kappa shape index (κ1) is 32.4. The molecule has 240 valence electrons. The van der Waals surface area contributed by atoms with Crippen LogP contribution >= 0.6 is 0 Å². The summed E-state index contributed by atoms with van der Waals surface area (Å²) < 4.78 is 5.29. The normalized spacial score (nSPS) is 14.7. The summed E-state index contributed by atoms with van der Waals surface area (Å²) in [4.78, 5) is 45.1. The van der Waals surface area contributed by atoms with Gasteiger partial charge in [-0.1, -0.05) is 60.7 Å². The molecule has 3 aromatic carbocycles. The average Bonchev–Trinajstić information content (AvgIpc) is 3.54. The molecular weight excluding hydrogens is 584 g/mol. The Bertz CT molecular complexity index is 1640. The molecule has 5 N–H and O–H groups in total. The summed E-state index contributed by atoms with van der Waals surface area (Å²) in [5.74, 6) is 0.315. The van der Waals surface area contributed by atoms with E-state index >= 15 is 0 Å². The Hall–Kier alpha value is -5.00. The number of aromatic nitrogens is 1. The molecule has 46 heavy (non-hydrogen) atoms. The van der Waals surface area contributed by atoms with Crippen molar-refractivity contribution in [3.05, 3.63) is 102 Å². The van der Waals surface area contributed by atoms with Crippen LogP contribution < -0.4 is 26.2 Å². The van der Waals surface area contributed by atoms with Gasteiger partial charge in [-0.25, -0.2) is 9.78 Å². The minimum atomic E-state index is -0.667. The minimum absolute atomic E-state index is 0.144. The predicted octanol–water partition coefficient (Wildman–Crippen LogP) is 4.38. The molecule has 0 saturated heterocycles. The molecule has 11 nitrogen and oxygen atoms in total. The topological polar surface area (TPSA) is 149 Å². The zero-order valence-electron chi connectivity index (χ0n) is 26.1. The molecule has 1 aliphatic rings. The van der Waals surface area contributed by atoms with Crippen molar-refractivity contribution in [1.29, 1.82) is 0 Å². The molecule has 2 heterocycles. The lowest BCUT2D eigenvalue weighted by molar-refractivity contribution is -0.128. The summed E-state index contributed by atoms with van der Waals surface area (Å²) in [7, 11) is 0. The number of aryl methyl sites for hydroxylation is 1. The molecule has 0 aliphatic carbocycles. The van der Waals surface area contributed by atoms with Crippen molar-refractivity contribution >= 4 is 29.2 Å². The highest BCUT2D eigenvalue weighted by Crippen LogP contribution is 2.31. The van der Waals surface area contributed by atoms with Crippen molar-refractivity contribution in [1.82, 2.24) is 20.9 Å². The maximum atomic E-state index is 14.0. The number of oxazole rings is 1. The first-order valence-corrected chi connectivity index (χ1v) is 15.4. The number of nitrogens with one attached hydrogen (secondary N) is 4. The van der Waals surface area contributed by atoms with E-state index in [2.05, 4.69) is 26.3 Å². The monoisotopic (exact) mass is 624 g/mol. The van der Waals surface area contributed by atoms with Gasteiger partial charge in [0.1, 0.15) is 11.8 Å². The summed E-state index contributed by atoms with van der Waals surface area (Å²) in [6, 6.07) is 22.1. The van der Waals surface area contributed by atoms with E-state index in [9.17, 15) is 14.4 Å². The number of rotatable bonds is 12. The van der Waals surface area contributed by atoms with Gasteiger partial charge >= 0.3 is 6.03 Å². The number of aliphatic hydroxyl groups is 1. The maximum absolute atomic E-state index is 14.0. The first-order valence-electron chi connectivity index (χ1n) is 15.4. The van der Waals surface area contributed by atoms with E-state index in [4.69, 9.17) is 9.52 Å². The zero-order chi connectivity index (χ0) is 32.5. The van der Waals surface area contributed by atoms with Crippen molar-refractivity contribution in [2.24, 2.45) is 0 Å². The molecule has 4 aromatic rings. The van der Waals surface area contributed by atoms with Crippen LogP contribution in [0.5, 0.6) is 0 Å². The molecule has 1 atom stereocenters. The number of para-hydroxylation sites is 2. The molecule has 0 spiro atoms. The molecule has 1 aromatic heterocycles. The van der Waals surface area contributed by atoms with Crippen molar-refractivity contribution < 1.29 is 23.9 Å². The first-order chi connectivity index (χ1) is 22.2. The average molecular weight is 625 g/mol. The summed E-state index contributed by atoms with van der Waals surface area (Å²) in [6.07, 6.45) is 4.34. The second kappa shape index (κ2) is 14.9. The fourth-order valence-corrected chi connectivity index (χ4v) is 5.53. The van der Waals surface area contributed by atoms with Gasteiger partial charge in [0.15, 0.2) is 6.39 Å². The van der Waals surface area contributed by atoms with E-state index in [1.54, 1.807) is 11.1 Å². The van der Waals surface area contributed by atoms with Crippen LogP contribution in [0.25, 0.3) is 11.1 Å². The number of hydrogen-bond donors (Lipinski definition) is 5. The van der Waals surface area contributed by atoms with Gasteiger partial charge in [0, 0.05) is 29.8 Å². The second-order valence-corrected chi connectivity index (χ2v) is 11.9. The fourth-order valence-electron chi connectivity index (χ4n) is 5.53. The van der Waals surface area contributed by atoms with Crippen molar-refractivity contribution in [3.63, 3.8) is 0 Å². The van der Waals surface area contributed by atoms with Crippen LogP contribution in [0.1, 0.15) is 43.6 Å². The quantitative estimate of drug-likeness (QED) is 0.157. The predicted molar refractivity (Wildman–Crippen MR) is 176 cm³/mol. The van der Waals surface area contributed by atoms with E-state index in [0.717, 1.165) is 27.9 Å². The van der Waals surface area contributed by atoms with Gasteiger partial charge in [0.2, 0.25) is 11.8 Å². The lowest BCUT2D eigenvalue weighted by atomic mass is 9.99. The van der Waals surface area contributed by atoms with E-state index in [0.29, 0.717) is 37.4 Å². The number of benzene rings is 3. The van der Waals surface area contributed by atoms with Crippen LogP contribution in [-0.2, 0) is 29.1 Å². The highest BCUT2D eigenvalue weighted by atomic mass is 16.3. The lowest BCUT2D eigenvalue weighted by Crippen LogP contribution is -2.50. The standard InChI is InChI=1S/C35H40N6O5/c1-35(2,38-21-27-20-36-23-46-27)19-32(43)39-30-16-15-26-7-3-6-10-31(26)41(33(30)44)22-24-11-13-25(14-12-24)28-8-4-5-9-29(28)40-34(45)37-17-18-42/h3-14,20,23,30,38,42H,15-19,21-22H2,1-2H3,(H,39,43)(H2,37,40,45)/t30-/m1/s1. The molecule has 0 bridgehead atoms. The molecule has 4 amide bonds. The molecule has 0 unspecified atom stereocenters. The highest BCUT2D eigenvalue weighted by Gasteiger charge is 2.32. The maximum Gasteiger partial charge on any atom is 0.319 e. The Morgan fingerprint density at radius 2 is 1.80 bits per heavy atom. The number of hydrogen-bond acceptors (Lipinski definition) is 7. The Balaban J connectivity index is 1.29. The number of fused-ring (bicyclic) bond motifs is 1. The number of carbonyl (C=O) groups excluding carboxylic acids is 3. The molecule has 5 rings (SSSR count). The smallest absolute Gasteiger partial charge is 0.319 e. The number of amides is 4. The van der Waals surface area contributed by atoms with Crippen LogP contribution in [0.2, 0.25) is 0 Å². The van der Waals surface area contributed by atoms with Crippen LogP contribution in [0.15, 0.2) is 89.8 Å². The Kier molecular flexibility index (Phi) is 10.5. The molecule has 0 saturated carbocycles. The second-order valence-electron chi connectivity index (χ2n) is 11.9. The summed E-state index contributed by atoms with van der Waals surface area (Å²) >= 11 is 0. The number of aliphatic hydroxyl groups excluding tert-OH is 1.